The maximum absolute atomic E-state index is 2.57. The number of rotatable bonds is 3. The lowest BCUT2D eigenvalue weighted by molar-refractivity contribution is 0.720. The number of anilines is 1. The summed E-state index contributed by atoms with van der Waals surface area (Å²) >= 11 is 0. The Balaban J connectivity index is 1.22. The van der Waals surface area contributed by atoms with Crippen LogP contribution in [-0.4, -0.2) is 6.54 Å². The average Bonchev–Trinajstić information content (AvgIpc) is 3.03. The molecule has 1 aliphatic heterocycles. The van der Waals surface area contributed by atoms with Crippen molar-refractivity contribution in [3.8, 4) is 22.3 Å². The third-order valence-electron chi connectivity index (χ3n) is 8.86. The quantitative estimate of drug-likeness (QED) is 0.228. The number of aryl methyl sites for hydroxylation is 2. The molecule has 40 heavy (non-hydrogen) atoms. The van der Waals surface area contributed by atoms with Crippen LogP contribution in [0.15, 0.2) is 127 Å². The highest BCUT2D eigenvalue weighted by atomic mass is 15.1. The van der Waals surface area contributed by atoms with Crippen molar-refractivity contribution in [2.75, 3.05) is 11.4 Å². The summed E-state index contributed by atoms with van der Waals surface area (Å²) in [5, 5.41) is 5.26. The second kappa shape index (κ2) is 9.54. The molecule has 0 spiro atoms. The van der Waals surface area contributed by atoms with Gasteiger partial charge in [-0.25, -0.2) is 0 Å². The van der Waals surface area contributed by atoms with Gasteiger partial charge in [0.05, 0.1) is 0 Å². The van der Waals surface area contributed by atoms with Crippen molar-refractivity contribution in [2.24, 2.45) is 0 Å². The lowest BCUT2D eigenvalue weighted by Crippen LogP contribution is -2.29. The van der Waals surface area contributed by atoms with E-state index in [9.17, 15) is 0 Å². The van der Waals surface area contributed by atoms with Gasteiger partial charge < -0.3 is 4.90 Å². The molecule has 0 radical (unpaired) electrons. The van der Waals surface area contributed by atoms with Crippen molar-refractivity contribution >= 4 is 33.3 Å². The number of fused-ring (bicyclic) bond motifs is 5. The topological polar surface area (TPSA) is 3.24 Å². The maximum atomic E-state index is 2.57. The molecule has 1 heteroatoms. The molecule has 6 aromatic rings. The van der Waals surface area contributed by atoms with Gasteiger partial charge in [0.15, 0.2) is 0 Å². The normalized spacial score (nSPS) is 14.6. The second-order valence-corrected chi connectivity index (χ2v) is 11.2. The predicted molar refractivity (Wildman–Crippen MR) is 171 cm³/mol. The molecule has 2 aliphatic rings. The van der Waals surface area contributed by atoms with Crippen molar-refractivity contribution in [3.05, 3.63) is 144 Å². The average molecular weight is 514 g/mol. The first-order valence-corrected chi connectivity index (χ1v) is 14.5. The van der Waals surface area contributed by atoms with Gasteiger partial charge in [0.2, 0.25) is 0 Å². The van der Waals surface area contributed by atoms with E-state index in [2.05, 4.69) is 132 Å². The van der Waals surface area contributed by atoms with Gasteiger partial charge in [-0.1, -0.05) is 97.1 Å². The summed E-state index contributed by atoms with van der Waals surface area (Å²) in [6.07, 6.45) is 7.03. The molecular formula is C39H31N. The zero-order valence-electron chi connectivity index (χ0n) is 22.6. The van der Waals surface area contributed by atoms with E-state index in [0.29, 0.717) is 0 Å². The number of hydrogen-bond acceptors (Lipinski definition) is 1. The Morgan fingerprint density at radius 3 is 2.12 bits per heavy atom. The van der Waals surface area contributed by atoms with Gasteiger partial charge in [-0.2, -0.15) is 0 Å². The summed E-state index contributed by atoms with van der Waals surface area (Å²) in [5.74, 6) is 0. The maximum Gasteiger partial charge on any atom is 0.0440 e. The van der Waals surface area contributed by atoms with Gasteiger partial charge in [-0.3, -0.25) is 0 Å². The van der Waals surface area contributed by atoms with Crippen LogP contribution in [0.1, 0.15) is 29.5 Å². The van der Waals surface area contributed by atoms with E-state index in [1.807, 2.05) is 0 Å². The van der Waals surface area contributed by atoms with E-state index in [1.54, 1.807) is 0 Å². The number of para-hydroxylation sites is 1. The van der Waals surface area contributed by atoms with Crippen molar-refractivity contribution < 1.29 is 0 Å². The molecule has 0 aromatic heterocycles. The number of benzene rings is 6. The Hall–Kier alpha value is -4.62. The summed E-state index contributed by atoms with van der Waals surface area (Å²) in [5.41, 5.74) is 12.3. The molecule has 0 atom stereocenters. The van der Waals surface area contributed by atoms with Crippen LogP contribution in [0.2, 0.25) is 0 Å². The largest absolute Gasteiger partial charge is 0.345 e. The Kier molecular flexibility index (Phi) is 5.55. The van der Waals surface area contributed by atoms with Gasteiger partial charge in [-0.05, 0) is 117 Å². The van der Waals surface area contributed by atoms with E-state index in [-0.39, 0.29) is 0 Å². The summed E-state index contributed by atoms with van der Waals surface area (Å²) in [6, 6.07) is 44.9. The Morgan fingerprint density at radius 1 is 0.525 bits per heavy atom. The molecule has 192 valence electrons. The van der Waals surface area contributed by atoms with Crippen LogP contribution in [0.5, 0.6) is 0 Å². The molecule has 1 nitrogen and oxygen atoms in total. The van der Waals surface area contributed by atoms with Crippen LogP contribution in [0, 0.1) is 0 Å². The minimum atomic E-state index is 1.09. The summed E-state index contributed by atoms with van der Waals surface area (Å²) < 4.78 is 0. The molecule has 0 N–H and O–H groups in total. The lowest BCUT2D eigenvalue weighted by atomic mass is 9.87. The number of allylic oxidation sites excluding steroid dienone is 1. The van der Waals surface area contributed by atoms with Crippen LogP contribution in [-0.2, 0) is 12.8 Å². The first kappa shape index (κ1) is 23.3. The molecule has 0 amide bonds. The predicted octanol–water partition coefficient (Wildman–Crippen LogP) is 10.1. The molecule has 6 aromatic carbocycles. The van der Waals surface area contributed by atoms with Crippen LogP contribution < -0.4 is 4.90 Å². The van der Waals surface area contributed by atoms with E-state index >= 15 is 0 Å². The molecule has 0 fully saturated rings. The molecule has 1 aliphatic carbocycles. The van der Waals surface area contributed by atoms with Crippen molar-refractivity contribution in [1.82, 2.24) is 0 Å². The molecule has 0 saturated heterocycles. The van der Waals surface area contributed by atoms with Crippen LogP contribution >= 0.6 is 0 Å². The van der Waals surface area contributed by atoms with Crippen LogP contribution in [0.3, 0.4) is 0 Å². The molecule has 0 bridgehead atoms. The van der Waals surface area contributed by atoms with Crippen molar-refractivity contribution in [2.45, 2.75) is 25.7 Å². The molecular weight excluding hydrogens is 482 g/mol. The van der Waals surface area contributed by atoms with Gasteiger partial charge in [0, 0.05) is 17.9 Å². The van der Waals surface area contributed by atoms with Gasteiger partial charge in [0.25, 0.3) is 0 Å². The highest BCUT2D eigenvalue weighted by molar-refractivity contribution is 5.99. The van der Waals surface area contributed by atoms with E-state index in [4.69, 9.17) is 0 Å². The molecule has 0 saturated carbocycles. The van der Waals surface area contributed by atoms with Crippen LogP contribution in [0.4, 0.5) is 5.69 Å². The fourth-order valence-electron chi connectivity index (χ4n) is 6.88. The van der Waals surface area contributed by atoms with E-state index in [1.165, 1.54) is 84.7 Å². The second-order valence-electron chi connectivity index (χ2n) is 11.2. The Morgan fingerprint density at radius 2 is 1.27 bits per heavy atom. The Bertz CT molecular complexity index is 1930. The fraction of sp³-hybridized carbons (Fsp3) is 0.128. The fourth-order valence-corrected chi connectivity index (χ4v) is 6.88. The molecule has 1 heterocycles. The summed E-state index contributed by atoms with van der Waals surface area (Å²) in [4.78, 5) is 2.57. The van der Waals surface area contributed by atoms with Crippen LogP contribution in [0.25, 0.3) is 49.9 Å². The molecule has 0 unspecified atom stereocenters. The third kappa shape index (κ3) is 3.93. The number of hydrogen-bond donors (Lipinski definition) is 0. The highest BCUT2D eigenvalue weighted by Crippen LogP contribution is 2.40. The first-order chi connectivity index (χ1) is 19.8. The molecule has 8 rings (SSSR count). The Labute approximate surface area is 236 Å². The summed E-state index contributed by atoms with van der Waals surface area (Å²) in [6.45, 7) is 1.12. The van der Waals surface area contributed by atoms with Crippen molar-refractivity contribution in [3.63, 3.8) is 0 Å². The highest BCUT2D eigenvalue weighted by Gasteiger charge is 2.23. The standard InChI is InChI=1S/C39H31N/c1-2-9-27(10-3-1)37-25-29-12-4-5-13-30(29)26-38(37)32-18-20-35-31(23-32)16-17-33-24-34(19-21-36(33)35)40-22-8-14-28-11-6-7-15-39(28)40/h1-7,9-13,15-18,20,23-26H,8,14,19,21-22H2. The van der Waals surface area contributed by atoms with E-state index < -0.39 is 0 Å². The van der Waals surface area contributed by atoms with E-state index in [0.717, 1.165) is 19.4 Å². The number of nitrogens with zero attached hydrogens (tertiary/aromatic N) is 1. The zero-order chi connectivity index (χ0) is 26.5. The van der Waals surface area contributed by atoms with Gasteiger partial charge >= 0.3 is 0 Å². The minimum absolute atomic E-state index is 1.09. The zero-order valence-corrected chi connectivity index (χ0v) is 22.6. The minimum Gasteiger partial charge on any atom is -0.345 e. The van der Waals surface area contributed by atoms with Gasteiger partial charge in [0.1, 0.15) is 0 Å². The third-order valence-corrected chi connectivity index (χ3v) is 8.86. The monoisotopic (exact) mass is 513 g/mol. The first-order valence-electron chi connectivity index (χ1n) is 14.5. The van der Waals surface area contributed by atoms with Gasteiger partial charge in [-0.15, -0.1) is 0 Å². The SMILES string of the molecule is C1=C(N2CCCc3ccccc32)CCc2c1ccc1cc(-c3cc4ccccc4cc3-c3ccccc3)ccc21. The summed E-state index contributed by atoms with van der Waals surface area (Å²) in [7, 11) is 0. The van der Waals surface area contributed by atoms with Crippen molar-refractivity contribution in [1.29, 1.82) is 0 Å². The lowest BCUT2D eigenvalue weighted by Gasteiger charge is -2.35. The smallest absolute Gasteiger partial charge is 0.0440 e.